The van der Waals surface area contributed by atoms with Crippen LogP contribution in [0.3, 0.4) is 0 Å². The summed E-state index contributed by atoms with van der Waals surface area (Å²) in [4.78, 5) is 34.8. The second-order valence-corrected chi connectivity index (χ2v) is 6.36. The number of hydrogen-bond acceptors (Lipinski definition) is 4. The minimum absolute atomic E-state index is 0.112. The van der Waals surface area contributed by atoms with Crippen LogP contribution in [0.1, 0.15) is 34.8 Å². The van der Waals surface area contributed by atoms with Gasteiger partial charge in [0.25, 0.3) is 5.91 Å². The number of likely N-dealkylation sites (tertiary alicyclic amines) is 1. The van der Waals surface area contributed by atoms with Crippen LogP contribution in [0, 0.1) is 0 Å². The van der Waals surface area contributed by atoms with E-state index in [0.717, 1.165) is 25.2 Å². The third kappa shape index (κ3) is 3.48. The summed E-state index contributed by atoms with van der Waals surface area (Å²) in [5, 5.41) is 0. The minimum atomic E-state index is -0.251. The number of aromatic amines is 1. The van der Waals surface area contributed by atoms with Crippen LogP contribution in [0.4, 0.5) is 5.82 Å². The number of carbonyl (C=O) groups is 1. The number of nitrogens with one attached hydrogen (secondary N) is 1. The highest BCUT2D eigenvalue weighted by molar-refractivity contribution is 5.92. The maximum atomic E-state index is 12.6. The maximum Gasteiger partial charge on any atom is 0.270 e. The number of anilines is 1. The molecule has 1 saturated heterocycles. The van der Waals surface area contributed by atoms with Crippen LogP contribution in [-0.4, -0.2) is 48.0 Å². The molecule has 0 spiro atoms. The maximum absolute atomic E-state index is 12.6. The molecule has 2 aromatic rings. The Labute approximate surface area is 141 Å². The molecule has 0 bridgehead atoms. The van der Waals surface area contributed by atoms with Gasteiger partial charge >= 0.3 is 0 Å². The zero-order valence-electron chi connectivity index (χ0n) is 14.0. The van der Waals surface area contributed by atoms with Crippen molar-refractivity contribution in [2.75, 3.05) is 32.1 Å². The molecule has 6 nitrogen and oxygen atoms in total. The van der Waals surface area contributed by atoms with Gasteiger partial charge < -0.3 is 14.8 Å². The minimum Gasteiger partial charge on any atom is -0.363 e. The van der Waals surface area contributed by atoms with Crippen LogP contribution in [0.2, 0.25) is 0 Å². The molecule has 3 rings (SSSR count). The number of piperidine rings is 1. The van der Waals surface area contributed by atoms with Crippen molar-refractivity contribution >= 4 is 11.7 Å². The molecular formula is C18H22N4O2. The number of hydrogen-bond donors (Lipinski definition) is 1. The molecular weight excluding hydrogens is 304 g/mol. The summed E-state index contributed by atoms with van der Waals surface area (Å²) in [6.07, 6.45) is 3.82. The first-order chi connectivity index (χ1) is 11.5. The van der Waals surface area contributed by atoms with E-state index >= 15 is 0 Å². The number of rotatable bonds is 3. The monoisotopic (exact) mass is 326 g/mol. The van der Waals surface area contributed by atoms with Crippen molar-refractivity contribution in [3.05, 3.63) is 58.1 Å². The SMILES string of the molecule is CN(C)c1cc([C@@H]2CCCN(C(=O)c3cccc(=O)[nH]3)C2)ccn1. The van der Waals surface area contributed by atoms with E-state index in [2.05, 4.69) is 16.0 Å². The molecule has 1 amide bonds. The lowest BCUT2D eigenvalue weighted by molar-refractivity contribution is 0.0701. The van der Waals surface area contributed by atoms with Gasteiger partial charge in [0.1, 0.15) is 11.5 Å². The first-order valence-electron chi connectivity index (χ1n) is 8.16. The number of pyridine rings is 2. The van der Waals surface area contributed by atoms with E-state index in [4.69, 9.17) is 0 Å². The van der Waals surface area contributed by atoms with Gasteiger partial charge in [0.15, 0.2) is 0 Å². The lowest BCUT2D eigenvalue weighted by Gasteiger charge is -2.33. The summed E-state index contributed by atoms with van der Waals surface area (Å²) >= 11 is 0. The lowest BCUT2D eigenvalue weighted by Crippen LogP contribution is -2.40. The van der Waals surface area contributed by atoms with Gasteiger partial charge in [0.05, 0.1) is 0 Å². The van der Waals surface area contributed by atoms with Crippen molar-refractivity contribution in [1.82, 2.24) is 14.9 Å². The Bertz CT molecular complexity index is 784. The molecule has 3 heterocycles. The van der Waals surface area contributed by atoms with Crippen molar-refractivity contribution in [1.29, 1.82) is 0 Å². The summed E-state index contributed by atoms with van der Waals surface area (Å²) in [7, 11) is 3.93. The lowest BCUT2D eigenvalue weighted by atomic mass is 9.91. The van der Waals surface area contributed by atoms with Crippen LogP contribution >= 0.6 is 0 Å². The molecule has 0 radical (unpaired) electrons. The molecule has 6 heteroatoms. The average Bonchev–Trinajstić information content (AvgIpc) is 2.61. The standard InChI is InChI=1S/C18H22N4O2/c1-21(2)16-11-13(8-9-19-16)14-5-4-10-22(12-14)18(24)15-6-3-7-17(23)20-15/h3,6-9,11,14H,4-5,10,12H2,1-2H3,(H,20,23)/t14-/m1/s1. The highest BCUT2D eigenvalue weighted by atomic mass is 16.2. The normalized spacial score (nSPS) is 17.6. The Hall–Kier alpha value is -2.63. The Morgan fingerprint density at radius 2 is 2.17 bits per heavy atom. The molecule has 126 valence electrons. The van der Waals surface area contributed by atoms with Gasteiger partial charge in [-0.05, 0) is 36.6 Å². The zero-order chi connectivity index (χ0) is 17.1. The molecule has 2 aromatic heterocycles. The van der Waals surface area contributed by atoms with Gasteiger partial charge in [0.2, 0.25) is 5.56 Å². The predicted molar refractivity (Wildman–Crippen MR) is 93.5 cm³/mol. The van der Waals surface area contributed by atoms with Crippen LogP contribution in [-0.2, 0) is 0 Å². The van der Waals surface area contributed by atoms with Crippen LogP contribution in [0.5, 0.6) is 0 Å². The van der Waals surface area contributed by atoms with E-state index in [1.54, 1.807) is 12.1 Å². The Balaban J connectivity index is 1.78. The van der Waals surface area contributed by atoms with Crippen molar-refractivity contribution < 1.29 is 4.79 Å². The topological polar surface area (TPSA) is 69.3 Å². The van der Waals surface area contributed by atoms with E-state index in [-0.39, 0.29) is 11.5 Å². The molecule has 1 fully saturated rings. The fourth-order valence-electron chi connectivity index (χ4n) is 3.11. The summed E-state index contributed by atoms with van der Waals surface area (Å²) in [5.74, 6) is 1.10. The van der Waals surface area contributed by atoms with Gasteiger partial charge in [0, 0.05) is 45.4 Å². The third-order valence-corrected chi connectivity index (χ3v) is 4.41. The number of nitrogens with zero attached hydrogens (tertiary/aromatic N) is 3. The van der Waals surface area contributed by atoms with E-state index in [1.165, 1.54) is 11.6 Å². The van der Waals surface area contributed by atoms with E-state index in [9.17, 15) is 9.59 Å². The summed E-state index contributed by atoms with van der Waals surface area (Å²) in [6.45, 7) is 1.38. The van der Waals surface area contributed by atoms with Crippen molar-refractivity contribution in [2.45, 2.75) is 18.8 Å². The molecule has 0 aliphatic carbocycles. The molecule has 0 aromatic carbocycles. The van der Waals surface area contributed by atoms with E-state index < -0.39 is 0 Å². The van der Waals surface area contributed by atoms with Gasteiger partial charge in [-0.2, -0.15) is 0 Å². The molecule has 0 saturated carbocycles. The average molecular weight is 326 g/mol. The quantitative estimate of drug-likeness (QED) is 0.935. The van der Waals surface area contributed by atoms with Gasteiger partial charge in [-0.25, -0.2) is 4.98 Å². The summed E-state index contributed by atoms with van der Waals surface area (Å²) < 4.78 is 0. The highest BCUT2D eigenvalue weighted by Gasteiger charge is 2.26. The van der Waals surface area contributed by atoms with Crippen molar-refractivity contribution in [3.63, 3.8) is 0 Å². The molecule has 1 N–H and O–H groups in total. The van der Waals surface area contributed by atoms with Gasteiger partial charge in [-0.15, -0.1) is 0 Å². The first kappa shape index (κ1) is 16.2. The Morgan fingerprint density at radius 1 is 1.33 bits per heavy atom. The number of aromatic nitrogens is 2. The number of carbonyl (C=O) groups excluding carboxylic acids is 1. The molecule has 1 aliphatic rings. The number of amides is 1. The summed E-state index contributed by atoms with van der Waals surface area (Å²) in [6, 6.07) is 8.79. The van der Waals surface area contributed by atoms with Crippen LogP contribution < -0.4 is 10.5 Å². The highest BCUT2D eigenvalue weighted by Crippen LogP contribution is 2.28. The predicted octanol–water partition coefficient (Wildman–Crippen LogP) is 1.86. The fraction of sp³-hybridized carbons (Fsp3) is 0.389. The number of H-pyrrole nitrogens is 1. The molecule has 1 aliphatic heterocycles. The Morgan fingerprint density at radius 3 is 2.92 bits per heavy atom. The first-order valence-corrected chi connectivity index (χ1v) is 8.16. The van der Waals surface area contributed by atoms with Gasteiger partial charge in [-0.3, -0.25) is 9.59 Å². The van der Waals surface area contributed by atoms with Crippen molar-refractivity contribution in [2.24, 2.45) is 0 Å². The van der Waals surface area contributed by atoms with Crippen LogP contribution in [0.25, 0.3) is 0 Å². The summed E-state index contributed by atoms with van der Waals surface area (Å²) in [5.41, 5.74) is 1.30. The largest absolute Gasteiger partial charge is 0.363 e. The molecule has 24 heavy (non-hydrogen) atoms. The fourth-order valence-corrected chi connectivity index (χ4v) is 3.11. The van der Waals surface area contributed by atoms with Gasteiger partial charge in [-0.1, -0.05) is 6.07 Å². The zero-order valence-corrected chi connectivity index (χ0v) is 14.0. The smallest absolute Gasteiger partial charge is 0.270 e. The van der Waals surface area contributed by atoms with Crippen molar-refractivity contribution in [3.8, 4) is 0 Å². The Kier molecular flexibility index (Phi) is 4.64. The second kappa shape index (κ2) is 6.86. The second-order valence-electron chi connectivity index (χ2n) is 6.36. The van der Waals surface area contributed by atoms with Crippen LogP contribution in [0.15, 0.2) is 41.3 Å². The molecule has 1 atom stereocenters. The third-order valence-electron chi connectivity index (χ3n) is 4.41. The van der Waals surface area contributed by atoms with E-state index in [1.807, 2.05) is 36.2 Å². The molecule has 0 unspecified atom stereocenters. The van der Waals surface area contributed by atoms with E-state index in [0.29, 0.717) is 18.2 Å².